The van der Waals surface area contributed by atoms with Gasteiger partial charge in [0.1, 0.15) is 0 Å². The Balaban J connectivity index is 3.98. The minimum atomic E-state index is 0.337. The zero-order chi connectivity index (χ0) is 9.07. The molecule has 0 aliphatic carbocycles. The van der Waals surface area contributed by atoms with Crippen LogP contribution in [0.1, 0.15) is 34.1 Å². The molecule has 0 aromatic rings. The van der Waals surface area contributed by atoms with Crippen LogP contribution >= 0.6 is 8.58 Å². The Morgan fingerprint density at radius 3 is 2.09 bits per heavy atom. The molecule has 0 fully saturated rings. The van der Waals surface area contributed by atoms with Crippen molar-refractivity contribution in [1.29, 1.82) is 0 Å². The quantitative estimate of drug-likeness (QED) is 0.652. The Labute approximate surface area is 72.9 Å². The van der Waals surface area contributed by atoms with Crippen LogP contribution in [0.2, 0.25) is 0 Å². The van der Waals surface area contributed by atoms with Crippen LogP contribution in [0.5, 0.6) is 0 Å². The van der Waals surface area contributed by atoms with Gasteiger partial charge in [-0.1, -0.05) is 20.8 Å². The Morgan fingerprint density at radius 2 is 1.82 bits per heavy atom. The number of hydrogen-bond acceptors (Lipinski definition) is 1. The second-order valence-corrected chi connectivity index (χ2v) is 5.62. The lowest BCUT2D eigenvalue weighted by atomic mass is 9.83. The van der Waals surface area contributed by atoms with E-state index in [1.54, 1.807) is 0 Å². The maximum atomic E-state index is 5.77. The van der Waals surface area contributed by atoms with E-state index in [-0.39, 0.29) is 0 Å². The first-order valence-corrected chi connectivity index (χ1v) is 5.90. The Kier molecular flexibility index (Phi) is 4.58. The Hall–Kier alpha value is 0.390. The molecule has 0 rings (SSSR count). The summed E-state index contributed by atoms with van der Waals surface area (Å²) in [7, 11) is 1.03. The first-order chi connectivity index (χ1) is 4.90. The fraction of sp³-hybridized carbons (Fsp3) is 1.00. The molecule has 0 bridgehead atoms. The summed E-state index contributed by atoms with van der Waals surface area (Å²) >= 11 is 0. The molecule has 0 spiro atoms. The van der Waals surface area contributed by atoms with Gasteiger partial charge in [-0.25, -0.2) is 0 Å². The minimum Gasteiger partial charge on any atom is -0.328 e. The molecular formula is C9H22NP. The standard InChI is InChI=1S/C9H22NP/c1-7(10)6-9(3,4)8(2)11-5/h7-8,11H,6,10H2,1-5H3/t7-,8?/m0/s1. The Bertz CT molecular complexity index is 110. The van der Waals surface area contributed by atoms with Crippen molar-refractivity contribution < 1.29 is 0 Å². The molecule has 2 N–H and O–H groups in total. The lowest BCUT2D eigenvalue weighted by Gasteiger charge is -2.32. The lowest BCUT2D eigenvalue weighted by Crippen LogP contribution is -2.31. The van der Waals surface area contributed by atoms with E-state index in [9.17, 15) is 0 Å². The molecule has 0 aromatic carbocycles. The predicted molar refractivity (Wildman–Crippen MR) is 55.7 cm³/mol. The summed E-state index contributed by atoms with van der Waals surface area (Å²) < 4.78 is 0. The van der Waals surface area contributed by atoms with Crippen molar-refractivity contribution >= 4 is 8.58 Å². The van der Waals surface area contributed by atoms with Crippen LogP contribution in [0.3, 0.4) is 0 Å². The predicted octanol–water partition coefficient (Wildman–Crippen LogP) is 2.45. The van der Waals surface area contributed by atoms with Gasteiger partial charge in [-0.15, -0.1) is 8.58 Å². The van der Waals surface area contributed by atoms with E-state index in [2.05, 4.69) is 34.4 Å². The molecule has 0 aliphatic rings. The minimum absolute atomic E-state index is 0.337. The summed E-state index contributed by atoms with van der Waals surface area (Å²) in [6.45, 7) is 11.3. The van der Waals surface area contributed by atoms with Gasteiger partial charge in [0.2, 0.25) is 0 Å². The van der Waals surface area contributed by atoms with Gasteiger partial charge in [-0.05, 0) is 31.1 Å². The smallest absolute Gasteiger partial charge is 0.00157 e. The second-order valence-electron chi connectivity index (χ2n) is 4.18. The molecule has 1 nitrogen and oxygen atoms in total. The SMILES string of the molecule is CPC(C)C(C)(C)C[C@H](C)N. The third kappa shape index (κ3) is 4.08. The molecule has 0 radical (unpaired) electrons. The Morgan fingerprint density at radius 1 is 1.36 bits per heavy atom. The second kappa shape index (κ2) is 4.42. The van der Waals surface area contributed by atoms with Crippen molar-refractivity contribution in [3.63, 3.8) is 0 Å². The van der Waals surface area contributed by atoms with E-state index in [1.165, 1.54) is 0 Å². The van der Waals surface area contributed by atoms with Gasteiger partial charge in [0.15, 0.2) is 0 Å². The van der Waals surface area contributed by atoms with Gasteiger partial charge in [-0.2, -0.15) is 0 Å². The molecule has 11 heavy (non-hydrogen) atoms. The summed E-state index contributed by atoms with van der Waals surface area (Å²) in [6, 6.07) is 0.337. The van der Waals surface area contributed by atoms with E-state index >= 15 is 0 Å². The molecule has 0 saturated heterocycles. The number of hydrogen-bond donors (Lipinski definition) is 1. The highest BCUT2D eigenvalue weighted by Gasteiger charge is 2.25. The van der Waals surface area contributed by atoms with Gasteiger partial charge in [0.25, 0.3) is 0 Å². The maximum Gasteiger partial charge on any atom is 0.00157 e. The highest BCUT2D eigenvalue weighted by atomic mass is 31.1. The van der Waals surface area contributed by atoms with Crippen LogP contribution in [-0.2, 0) is 0 Å². The topological polar surface area (TPSA) is 26.0 Å². The molecule has 68 valence electrons. The fourth-order valence-corrected chi connectivity index (χ4v) is 2.30. The summed E-state index contributed by atoms with van der Waals surface area (Å²) in [5, 5.41) is 0. The van der Waals surface area contributed by atoms with Gasteiger partial charge in [-0.3, -0.25) is 0 Å². The van der Waals surface area contributed by atoms with Crippen LogP contribution in [0.4, 0.5) is 0 Å². The van der Waals surface area contributed by atoms with E-state index in [4.69, 9.17) is 5.73 Å². The largest absolute Gasteiger partial charge is 0.328 e. The van der Waals surface area contributed by atoms with Gasteiger partial charge in [0.05, 0.1) is 0 Å². The average molecular weight is 175 g/mol. The molecule has 0 amide bonds. The first-order valence-electron chi connectivity index (χ1n) is 4.33. The zero-order valence-electron chi connectivity index (χ0n) is 8.44. The molecule has 2 unspecified atom stereocenters. The fourth-order valence-electron chi connectivity index (χ4n) is 1.40. The normalized spacial score (nSPS) is 19.1. The van der Waals surface area contributed by atoms with Gasteiger partial charge in [0, 0.05) is 6.04 Å². The molecule has 0 saturated carbocycles. The van der Waals surface area contributed by atoms with Crippen molar-refractivity contribution in [2.24, 2.45) is 11.1 Å². The van der Waals surface area contributed by atoms with Crippen molar-refractivity contribution in [2.75, 3.05) is 6.66 Å². The average Bonchev–Trinajstić information content (AvgIpc) is 1.83. The number of rotatable bonds is 4. The third-order valence-corrected chi connectivity index (χ3v) is 4.10. The van der Waals surface area contributed by atoms with Crippen LogP contribution in [0, 0.1) is 5.41 Å². The van der Waals surface area contributed by atoms with Crippen molar-refractivity contribution in [1.82, 2.24) is 0 Å². The van der Waals surface area contributed by atoms with Crippen molar-refractivity contribution in [2.45, 2.75) is 45.8 Å². The highest BCUT2D eigenvalue weighted by molar-refractivity contribution is 7.37. The van der Waals surface area contributed by atoms with E-state index < -0.39 is 0 Å². The molecule has 2 heteroatoms. The zero-order valence-corrected chi connectivity index (χ0v) is 9.44. The van der Waals surface area contributed by atoms with E-state index in [1.807, 2.05) is 0 Å². The van der Waals surface area contributed by atoms with Crippen LogP contribution in [0.15, 0.2) is 0 Å². The van der Waals surface area contributed by atoms with Crippen LogP contribution in [0.25, 0.3) is 0 Å². The highest BCUT2D eigenvalue weighted by Crippen LogP contribution is 2.36. The monoisotopic (exact) mass is 175 g/mol. The van der Waals surface area contributed by atoms with Crippen molar-refractivity contribution in [3.05, 3.63) is 0 Å². The van der Waals surface area contributed by atoms with Crippen LogP contribution in [-0.4, -0.2) is 18.4 Å². The third-order valence-electron chi connectivity index (χ3n) is 2.45. The summed E-state index contributed by atoms with van der Waals surface area (Å²) in [5.41, 5.74) is 6.99. The number of nitrogens with two attached hydrogens (primary N) is 1. The van der Waals surface area contributed by atoms with Crippen molar-refractivity contribution in [3.8, 4) is 0 Å². The molecule has 0 heterocycles. The molecular weight excluding hydrogens is 153 g/mol. The van der Waals surface area contributed by atoms with E-state index in [0.29, 0.717) is 11.5 Å². The van der Waals surface area contributed by atoms with Gasteiger partial charge < -0.3 is 5.73 Å². The maximum absolute atomic E-state index is 5.77. The summed E-state index contributed by atoms with van der Waals surface area (Å²) in [5.74, 6) is 0. The van der Waals surface area contributed by atoms with E-state index in [0.717, 1.165) is 20.7 Å². The molecule has 3 atom stereocenters. The summed E-state index contributed by atoms with van der Waals surface area (Å²) in [4.78, 5) is 0. The molecule has 0 aliphatic heterocycles. The first kappa shape index (κ1) is 11.4. The molecule has 0 aromatic heterocycles. The van der Waals surface area contributed by atoms with Crippen LogP contribution < -0.4 is 5.73 Å². The lowest BCUT2D eigenvalue weighted by molar-refractivity contribution is 0.308. The summed E-state index contributed by atoms with van der Waals surface area (Å²) in [6.07, 6.45) is 1.13. The van der Waals surface area contributed by atoms with Gasteiger partial charge >= 0.3 is 0 Å².